The molecule has 0 aromatic heterocycles. The van der Waals surface area contributed by atoms with E-state index in [4.69, 9.17) is 23.2 Å². The molecule has 0 unspecified atom stereocenters. The van der Waals surface area contributed by atoms with Crippen molar-refractivity contribution in [1.29, 1.82) is 0 Å². The zero-order valence-corrected chi connectivity index (χ0v) is 35.5. The number of imide groups is 2. The summed E-state index contributed by atoms with van der Waals surface area (Å²) in [7, 11) is 0. The van der Waals surface area contributed by atoms with Gasteiger partial charge < -0.3 is 20.8 Å². The van der Waals surface area contributed by atoms with Crippen LogP contribution in [-0.4, -0.2) is 34.1 Å². The molecule has 0 aliphatic rings. The number of phenols is 2. The number of aromatic hydroxyl groups is 2. The van der Waals surface area contributed by atoms with Crippen molar-refractivity contribution in [2.24, 2.45) is 30.7 Å². The quantitative estimate of drug-likeness (QED) is 0.0730. The third kappa shape index (κ3) is 10.2. The summed E-state index contributed by atoms with van der Waals surface area (Å²) < 4.78 is 0. The summed E-state index contributed by atoms with van der Waals surface area (Å²) in [6.45, 7) is 0. The van der Waals surface area contributed by atoms with Crippen LogP contribution >= 0.6 is 23.2 Å². The van der Waals surface area contributed by atoms with Gasteiger partial charge in [0.2, 0.25) is 0 Å². The van der Waals surface area contributed by atoms with E-state index in [0.717, 1.165) is 0 Å². The van der Waals surface area contributed by atoms with Crippen molar-refractivity contribution in [2.45, 2.75) is 0 Å². The molecule has 0 heterocycles. The van der Waals surface area contributed by atoms with Crippen molar-refractivity contribution in [2.75, 3.05) is 10.6 Å². The smallest absolute Gasteiger partial charge is 0.326 e. The minimum atomic E-state index is -0.869. The van der Waals surface area contributed by atoms with Crippen molar-refractivity contribution < 1.29 is 29.4 Å². The van der Waals surface area contributed by atoms with Crippen molar-refractivity contribution in [3.8, 4) is 11.5 Å². The number of phenolic OH excluding ortho intramolecular Hbond substituents is 2. The van der Waals surface area contributed by atoms with Crippen LogP contribution in [0.3, 0.4) is 0 Å². The number of benzene rings is 8. The van der Waals surface area contributed by atoms with Gasteiger partial charge in [0, 0.05) is 10.8 Å². The van der Waals surface area contributed by atoms with Gasteiger partial charge in [-0.2, -0.15) is 20.5 Å². The summed E-state index contributed by atoms with van der Waals surface area (Å²) in [6.07, 6.45) is 0. The molecule has 6 N–H and O–H groups in total. The van der Waals surface area contributed by atoms with Crippen LogP contribution in [0.1, 0.15) is 20.7 Å². The van der Waals surface area contributed by atoms with Crippen LogP contribution in [0, 0.1) is 0 Å². The predicted molar refractivity (Wildman–Crippen MR) is 253 cm³/mol. The van der Waals surface area contributed by atoms with Crippen molar-refractivity contribution in [1.82, 2.24) is 10.6 Å². The average Bonchev–Trinajstić information content (AvgIpc) is 3.32. The van der Waals surface area contributed by atoms with Crippen LogP contribution in [0.25, 0.3) is 21.5 Å². The monoisotopic (exact) mass is 914 g/mol. The molecule has 0 aliphatic carbocycles. The Bertz CT molecular complexity index is 3070. The van der Waals surface area contributed by atoms with E-state index in [1.165, 1.54) is 12.1 Å². The Hall–Kier alpha value is -8.86. The Balaban J connectivity index is 0.930. The van der Waals surface area contributed by atoms with Gasteiger partial charge in [-0.3, -0.25) is 20.2 Å². The van der Waals surface area contributed by atoms with E-state index in [2.05, 4.69) is 52.0 Å². The molecular formula is C48H32Cl2N10O6. The van der Waals surface area contributed by atoms with Gasteiger partial charge in [0.1, 0.15) is 11.4 Å². The molecule has 0 saturated heterocycles. The number of fused-ring (bicyclic) bond motifs is 2. The first-order valence-electron chi connectivity index (χ1n) is 19.7. The molecular weight excluding hydrogens is 883 g/mol. The van der Waals surface area contributed by atoms with E-state index in [1.54, 1.807) is 146 Å². The lowest BCUT2D eigenvalue weighted by molar-refractivity contribution is 0.0954. The number of amides is 6. The van der Waals surface area contributed by atoms with Gasteiger partial charge in [-0.15, -0.1) is 10.2 Å². The van der Waals surface area contributed by atoms with Gasteiger partial charge in [-0.1, -0.05) is 96.0 Å². The highest BCUT2D eigenvalue weighted by Gasteiger charge is 2.22. The summed E-state index contributed by atoms with van der Waals surface area (Å²) in [5.74, 6) is -2.69. The minimum absolute atomic E-state index is 0.0228. The molecule has 66 heavy (non-hydrogen) atoms. The third-order valence-corrected chi connectivity index (χ3v) is 10.3. The molecule has 0 radical (unpaired) electrons. The Morgan fingerprint density at radius 2 is 0.727 bits per heavy atom. The van der Waals surface area contributed by atoms with Gasteiger partial charge in [0.05, 0.1) is 55.3 Å². The third-order valence-electron chi connectivity index (χ3n) is 9.69. The van der Waals surface area contributed by atoms with E-state index in [1.807, 2.05) is 0 Å². The first-order chi connectivity index (χ1) is 32.0. The summed E-state index contributed by atoms with van der Waals surface area (Å²) in [5.41, 5.74) is 2.06. The van der Waals surface area contributed by atoms with Gasteiger partial charge in [-0.05, 0) is 95.7 Å². The summed E-state index contributed by atoms with van der Waals surface area (Å²) in [4.78, 5) is 51.6. The van der Waals surface area contributed by atoms with E-state index < -0.39 is 35.4 Å². The second-order valence-electron chi connectivity index (χ2n) is 14.1. The zero-order chi connectivity index (χ0) is 46.2. The molecule has 0 saturated carbocycles. The maximum atomic E-state index is 13.2. The lowest BCUT2D eigenvalue weighted by atomic mass is 10.0. The van der Waals surface area contributed by atoms with Gasteiger partial charge in [0.25, 0.3) is 11.8 Å². The van der Waals surface area contributed by atoms with Crippen LogP contribution in [0.2, 0.25) is 10.0 Å². The largest absolute Gasteiger partial charge is 0.505 e. The fourth-order valence-corrected chi connectivity index (χ4v) is 6.83. The minimum Gasteiger partial charge on any atom is -0.505 e. The number of hydrogen-bond donors (Lipinski definition) is 6. The van der Waals surface area contributed by atoms with Crippen LogP contribution in [0.4, 0.5) is 55.1 Å². The number of nitrogens with zero attached hydrogens (tertiary/aromatic N) is 6. The number of halogens is 2. The highest BCUT2D eigenvalue weighted by Crippen LogP contribution is 2.41. The number of para-hydroxylation sites is 2. The second kappa shape index (κ2) is 19.7. The fourth-order valence-electron chi connectivity index (χ4n) is 6.46. The normalized spacial score (nSPS) is 11.4. The van der Waals surface area contributed by atoms with Crippen molar-refractivity contribution in [3.63, 3.8) is 0 Å². The number of urea groups is 2. The number of anilines is 2. The molecule has 0 aliphatic heterocycles. The molecule has 8 rings (SSSR count). The predicted octanol–water partition coefficient (Wildman–Crippen LogP) is 13.9. The second-order valence-corrected chi connectivity index (χ2v) is 14.9. The highest BCUT2D eigenvalue weighted by molar-refractivity contribution is 6.34. The number of azo groups is 3. The van der Waals surface area contributed by atoms with Crippen molar-refractivity contribution >= 4 is 114 Å². The maximum Gasteiger partial charge on any atom is 0.326 e. The van der Waals surface area contributed by atoms with E-state index in [9.17, 15) is 29.4 Å². The number of nitrogens with one attached hydrogen (secondary N) is 4. The van der Waals surface area contributed by atoms with Crippen LogP contribution in [-0.2, 0) is 0 Å². The Morgan fingerprint density at radius 3 is 1.09 bits per heavy atom. The number of hydrogen-bond acceptors (Lipinski definition) is 12. The van der Waals surface area contributed by atoms with Crippen molar-refractivity contribution in [3.05, 3.63) is 179 Å². The molecule has 8 aromatic rings. The molecule has 16 nitrogen and oxygen atoms in total. The first-order valence-corrected chi connectivity index (χ1v) is 20.4. The lowest BCUT2D eigenvalue weighted by Crippen LogP contribution is -2.34. The topological polar surface area (TPSA) is 231 Å². The standard InChI is InChI=1S/C48H32Cl2N10O6/c49-37-13-5-7-15-39(37)51-47(65)53-45(63)35-25-27-9-1-3-11-33(27)41(43(35)61)59-57-31-21-17-29(18-22-31)55-56-30-19-23-32(24-20-30)58-60-42-34-12-4-2-10-28(34)26-36(44(42)62)46(64)54-48(66)52-40-16-8-6-14-38(40)50/h1-26,61-62H,(H2,51,53,63,65)(H2,52,54,64,66). The van der Waals surface area contributed by atoms with Crippen LogP contribution in [0.15, 0.2) is 188 Å². The van der Waals surface area contributed by atoms with Crippen LogP contribution in [0.5, 0.6) is 11.5 Å². The average molecular weight is 916 g/mol. The Kier molecular flexibility index (Phi) is 13.1. The number of carbonyl (C=O) groups excluding carboxylic acids is 4. The Labute approximate surface area is 384 Å². The van der Waals surface area contributed by atoms with E-state index in [0.29, 0.717) is 55.7 Å². The number of rotatable bonds is 10. The van der Waals surface area contributed by atoms with E-state index in [-0.39, 0.29) is 32.5 Å². The number of carbonyl (C=O) groups is 4. The molecule has 6 amide bonds. The summed E-state index contributed by atoms with van der Waals surface area (Å²) in [5, 5.41) is 60.3. The SMILES string of the molecule is O=C(NC(=O)c1cc2ccccc2c(N=Nc2ccc(N=Nc3ccc(N=Nc4c(O)c(C(=O)NC(=O)Nc5ccccc5Cl)cc5ccccc45)cc3)cc2)c1O)Nc1ccccc1Cl. The van der Waals surface area contributed by atoms with Crippen LogP contribution < -0.4 is 21.3 Å². The highest BCUT2D eigenvalue weighted by atomic mass is 35.5. The zero-order valence-electron chi connectivity index (χ0n) is 34.0. The molecule has 0 atom stereocenters. The fraction of sp³-hybridized carbons (Fsp3) is 0. The van der Waals surface area contributed by atoms with Gasteiger partial charge >= 0.3 is 12.1 Å². The first kappa shape index (κ1) is 43.8. The van der Waals surface area contributed by atoms with E-state index >= 15 is 0 Å². The molecule has 8 aromatic carbocycles. The molecule has 18 heteroatoms. The maximum absolute atomic E-state index is 13.2. The Morgan fingerprint density at radius 1 is 0.409 bits per heavy atom. The molecule has 0 fully saturated rings. The summed E-state index contributed by atoms with van der Waals surface area (Å²) >= 11 is 12.2. The summed E-state index contributed by atoms with van der Waals surface area (Å²) in [6, 6.07) is 41.4. The molecule has 0 spiro atoms. The molecule has 0 bridgehead atoms. The van der Waals surface area contributed by atoms with Gasteiger partial charge in [-0.25, -0.2) is 9.59 Å². The van der Waals surface area contributed by atoms with Gasteiger partial charge in [0.15, 0.2) is 11.5 Å². The molecule has 324 valence electrons. The lowest BCUT2D eigenvalue weighted by Gasteiger charge is -2.11.